The maximum Gasteiger partial charge on any atom is 0.275 e. The normalized spacial score (nSPS) is 11.5. The third kappa shape index (κ3) is 4.00. The number of benzene rings is 1. The average Bonchev–Trinajstić information content (AvgIpc) is 2.95. The molecule has 2 rings (SSSR count). The lowest BCUT2D eigenvalue weighted by Crippen LogP contribution is -2.16. The number of carbonyl (C=O) groups excluding carboxylic acids is 1. The number of aromatic amines is 2. The first kappa shape index (κ1) is 20.2. The average molecular weight is 403 g/mol. The van der Waals surface area contributed by atoms with Gasteiger partial charge < -0.3 is 14.6 Å². The summed E-state index contributed by atoms with van der Waals surface area (Å²) in [5.74, 6) is -0.756. The van der Waals surface area contributed by atoms with Crippen LogP contribution in [0.4, 0.5) is 0 Å². The van der Waals surface area contributed by atoms with E-state index in [9.17, 15) is 18.0 Å². The Balaban J connectivity index is 2.60. The Labute approximate surface area is 155 Å². The number of H-pyrrole nitrogens is 2. The highest BCUT2D eigenvalue weighted by Gasteiger charge is 2.26. The minimum absolute atomic E-state index is 0.0220. The number of ether oxygens (including phenoxy) is 2. The second-order valence-electron chi connectivity index (χ2n) is 5.48. The highest BCUT2D eigenvalue weighted by Crippen LogP contribution is 2.36. The van der Waals surface area contributed by atoms with Crippen molar-refractivity contribution in [3.63, 3.8) is 0 Å². The van der Waals surface area contributed by atoms with Crippen molar-refractivity contribution in [3.05, 3.63) is 44.3 Å². The molecule has 0 unspecified atom stereocenters. The molecule has 2 N–H and O–H groups in total. The maximum absolute atomic E-state index is 12.8. The van der Waals surface area contributed by atoms with Gasteiger partial charge in [-0.1, -0.05) is 18.5 Å². The number of hydrogen-bond acceptors (Lipinski definition) is 6. The van der Waals surface area contributed by atoms with Gasteiger partial charge in [0.2, 0.25) is 5.78 Å². The molecule has 142 valence electrons. The van der Waals surface area contributed by atoms with Crippen LogP contribution in [-0.2, 0) is 21.0 Å². The Morgan fingerprint density at radius 3 is 2.50 bits per heavy atom. The number of ketones is 1. The smallest absolute Gasteiger partial charge is 0.275 e. The van der Waals surface area contributed by atoms with E-state index in [1.165, 1.54) is 19.2 Å². The lowest BCUT2D eigenvalue weighted by Gasteiger charge is -2.14. The maximum atomic E-state index is 12.8. The minimum atomic E-state index is -3.65. The summed E-state index contributed by atoms with van der Waals surface area (Å²) in [7, 11) is -2.18. The van der Waals surface area contributed by atoms with Crippen LogP contribution in [0.5, 0.6) is 5.75 Å². The molecule has 0 aliphatic carbocycles. The lowest BCUT2D eigenvalue weighted by molar-refractivity contribution is 0.103. The second-order valence-corrected chi connectivity index (χ2v) is 7.85. The number of sulfone groups is 1. The summed E-state index contributed by atoms with van der Waals surface area (Å²) >= 11 is 6.29. The number of halogens is 1. The van der Waals surface area contributed by atoms with E-state index in [2.05, 4.69) is 10.2 Å². The minimum Gasteiger partial charge on any atom is -0.488 e. The van der Waals surface area contributed by atoms with Gasteiger partial charge in [-0.3, -0.25) is 14.7 Å². The first-order valence-electron chi connectivity index (χ1n) is 7.70. The summed E-state index contributed by atoms with van der Waals surface area (Å²) in [4.78, 5) is 24.6. The van der Waals surface area contributed by atoms with E-state index in [-0.39, 0.29) is 40.0 Å². The van der Waals surface area contributed by atoms with Crippen molar-refractivity contribution in [2.24, 2.45) is 0 Å². The van der Waals surface area contributed by atoms with E-state index in [4.69, 9.17) is 21.1 Å². The van der Waals surface area contributed by atoms with E-state index >= 15 is 0 Å². The van der Waals surface area contributed by atoms with Crippen LogP contribution in [-0.4, -0.2) is 51.0 Å². The molecule has 2 aromatic rings. The van der Waals surface area contributed by atoms with E-state index < -0.39 is 21.2 Å². The molecule has 8 nitrogen and oxygen atoms in total. The Bertz CT molecular complexity index is 977. The van der Waals surface area contributed by atoms with Crippen molar-refractivity contribution in [1.29, 1.82) is 0 Å². The zero-order valence-electron chi connectivity index (χ0n) is 14.5. The first-order chi connectivity index (χ1) is 12.2. The lowest BCUT2D eigenvalue weighted by atomic mass is 10.0. The Morgan fingerprint density at radius 1 is 1.23 bits per heavy atom. The number of methoxy groups -OCH3 is 1. The molecule has 0 radical (unpaired) electrons. The van der Waals surface area contributed by atoms with Crippen LogP contribution in [0.2, 0.25) is 5.02 Å². The molecule has 1 heterocycles. The highest BCUT2D eigenvalue weighted by molar-refractivity contribution is 7.90. The number of aromatic nitrogens is 2. The number of aryl methyl sites for hydroxylation is 1. The summed E-state index contributed by atoms with van der Waals surface area (Å²) in [6.07, 6.45) is 1.44. The van der Waals surface area contributed by atoms with Crippen LogP contribution in [0.15, 0.2) is 21.8 Å². The molecule has 0 spiro atoms. The van der Waals surface area contributed by atoms with Crippen LogP contribution in [0.3, 0.4) is 0 Å². The number of hydrogen-bond donors (Lipinski definition) is 2. The topological polar surface area (TPSA) is 118 Å². The molecule has 0 aliphatic heterocycles. The molecule has 26 heavy (non-hydrogen) atoms. The van der Waals surface area contributed by atoms with E-state index in [1.807, 2.05) is 0 Å². The fraction of sp³-hybridized carbons (Fsp3) is 0.375. The van der Waals surface area contributed by atoms with Crippen molar-refractivity contribution in [2.75, 3.05) is 26.6 Å². The van der Waals surface area contributed by atoms with E-state index in [0.29, 0.717) is 12.1 Å². The van der Waals surface area contributed by atoms with Gasteiger partial charge in [-0.25, -0.2) is 8.42 Å². The number of nitrogens with one attached hydrogen (secondary N) is 2. The molecule has 0 saturated heterocycles. The number of carbonyl (C=O) groups is 1. The molecule has 1 aromatic carbocycles. The first-order valence-corrected chi connectivity index (χ1v) is 9.97. The Morgan fingerprint density at radius 2 is 1.92 bits per heavy atom. The van der Waals surface area contributed by atoms with Crippen molar-refractivity contribution in [2.45, 2.75) is 18.2 Å². The molecule has 0 fully saturated rings. The van der Waals surface area contributed by atoms with Crippen molar-refractivity contribution in [1.82, 2.24) is 10.2 Å². The summed E-state index contributed by atoms with van der Waals surface area (Å²) in [6, 6.07) is 2.51. The van der Waals surface area contributed by atoms with Gasteiger partial charge in [0, 0.05) is 24.6 Å². The molecule has 0 atom stereocenters. The zero-order valence-corrected chi connectivity index (χ0v) is 16.1. The van der Waals surface area contributed by atoms with Gasteiger partial charge in [-0.05, 0) is 18.6 Å². The summed E-state index contributed by atoms with van der Waals surface area (Å²) in [6.45, 7) is 2.03. The van der Waals surface area contributed by atoms with Gasteiger partial charge in [0.1, 0.15) is 17.1 Å². The highest BCUT2D eigenvalue weighted by atomic mass is 35.5. The van der Waals surface area contributed by atoms with Crippen LogP contribution >= 0.6 is 11.6 Å². The van der Waals surface area contributed by atoms with Gasteiger partial charge in [0.25, 0.3) is 5.56 Å². The summed E-state index contributed by atoms with van der Waals surface area (Å²) in [5, 5.41) is 4.83. The quantitative estimate of drug-likeness (QED) is 0.511. The van der Waals surface area contributed by atoms with Gasteiger partial charge in [-0.15, -0.1) is 0 Å². The van der Waals surface area contributed by atoms with Crippen LogP contribution in [0.25, 0.3) is 0 Å². The SMILES string of the molecule is CCc1[nH][nH]c(=O)c1C(=O)c1ccc(S(C)(=O)=O)c(OCCOC)c1Cl. The molecule has 0 amide bonds. The Hall–Kier alpha value is -2.10. The van der Waals surface area contributed by atoms with Gasteiger partial charge in [0.05, 0.1) is 11.6 Å². The molecule has 10 heteroatoms. The van der Waals surface area contributed by atoms with Crippen LogP contribution in [0, 0.1) is 0 Å². The van der Waals surface area contributed by atoms with Crippen LogP contribution in [0.1, 0.15) is 28.5 Å². The van der Waals surface area contributed by atoms with Crippen molar-refractivity contribution in [3.8, 4) is 5.75 Å². The van der Waals surface area contributed by atoms with Gasteiger partial charge in [-0.2, -0.15) is 0 Å². The second kappa shape index (κ2) is 8.07. The predicted molar refractivity (Wildman–Crippen MR) is 96.2 cm³/mol. The Kier molecular flexibility index (Phi) is 6.27. The molecule has 1 aromatic heterocycles. The van der Waals surface area contributed by atoms with Gasteiger partial charge >= 0.3 is 0 Å². The van der Waals surface area contributed by atoms with Crippen LogP contribution < -0.4 is 10.3 Å². The fourth-order valence-electron chi connectivity index (χ4n) is 2.40. The van der Waals surface area contributed by atoms with Crippen molar-refractivity contribution < 1.29 is 22.7 Å². The summed E-state index contributed by atoms with van der Waals surface area (Å²) in [5.41, 5.74) is -0.224. The van der Waals surface area contributed by atoms with Gasteiger partial charge in [0.15, 0.2) is 15.6 Å². The largest absolute Gasteiger partial charge is 0.488 e. The van der Waals surface area contributed by atoms with E-state index in [0.717, 1.165) is 6.26 Å². The molecular formula is C16H19ClN2O6S. The number of rotatable bonds is 8. The third-order valence-corrected chi connectivity index (χ3v) is 5.17. The predicted octanol–water partition coefficient (Wildman–Crippen LogP) is 1.58. The molecule has 0 bridgehead atoms. The van der Waals surface area contributed by atoms with Crippen molar-refractivity contribution >= 4 is 27.2 Å². The third-order valence-electron chi connectivity index (χ3n) is 3.68. The monoisotopic (exact) mass is 402 g/mol. The molecule has 0 aliphatic rings. The summed E-state index contributed by atoms with van der Waals surface area (Å²) < 4.78 is 34.3. The standard InChI is InChI=1S/C16H19ClN2O6S/c1-4-10-12(16(21)19-18-10)14(20)9-5-6-11(26(3,22)23)15(13(9)17)25-8-7-24-2/h5-6H,4,7-8H2,1-3H3,(H2,18,19,21). The zero-order chi connectivity index (χ0) is 19.5. The molecule has 0 saturated carbocycles. The molecular weight excluding hydrogens is 384 g/mol. The fourth-order valence-corrected chi connectivity index (χ4v) is 3.58. The van der Waals surface area contributed by atoms with E-state index in [1.54, 1.807) is 6.92 Å².